The van der Waals surface area contributed by atoms with Crippen LogP contribution in [0.2, 0.25) is 0 Å². The van der Waals surface area contributed by atoms with Crippen LogP contribution in [0.4, 0.5) is 0 Å². The lowest BCUT2D eigenvalue weighted by atomic mass is 9.85. The summed E-state index contributed by atoms with van der Waals surface area (Å²) in [6.07, 6.45) is -14.3. The fourth-order valence-corrected chi connectivity index (χ4v) is 3.70. The zero-order valence-electron chi connectivity index (χ0n) is 11.3. The minimum atomic E-state index is -5.43. The van der Waals surface area contributed by atoms with Crippen LogP contribution in [0.3, 0.4) is 0 Å². The number of aliphatic hydroxyl groups is 3. The van der Waals surface area contributed by atoms with Crippen LogP contribution in [0.25, 0.3) is 0 Å². The van der Waals surface area contributed by atoms with Crippen molar-refractivity contribution in [2.75, 3.05) is 0 Å². The van der Waals surface area contributed by atoms with Gasteiger partial charge in [-0.1, -0.05) is 0 Å². The Bertz CT molecular complexity index is 574. The summed E-state index contributed by atoms with van der Waals surface area (Å²) in [5.41, 5.74) is 0. The van der Waals surface area contributed by atoms with E-state index in [1.165, 1.54) is 0 Å². The Balaban J connectivity index is 3.23. The zero-order valence-corrected chi connectivity index (χ0v) is 14.0. The summed E-state index contributed by atoms with van der Waals surface area (Å²) in [6.45, 7) is 0. The van der Waals surface area contributed by atoms with Crippen LogP contribution < -0.4 is 0 Å². The van der Waals surface area contributed by atoms with Gasteiger partial charge in [0.05, 0.1) is 0 Å². The first kappa shape index (κ1) is 22.3. The van der Waals surface area contributed by atoms with Crippen molar-refractivity contribution >= 4 is 23.5 Å². The van der Waals surface area contributed by atoms with Gasteiger partial charge < -0.3 is 44.7 Å². The molecule has 9 N–H and O–H groups in total. The molecule has 0 bridgehead atoms. The second kappa shape index (κ2) is 7.45. The Labute approximate surface area is 133 Å². The van der Waals surface area contributed by atoms with Gasteiger partial charge in [0.2, 0.25) is 0 Å². The van der Waals surface area contributed by atoms with Crippen molar-refractivity contribution in [1.29, 1.82) is 0 Å². The molecule has 1 rings (SSSR count). The van der Waals surface area contributed by atoms with E-state index in [1.807, 2.05) is 0 Å². The Morgan fingerprint density at radius 1 is 0.500 bits per heavy atom. The van der Waals surface area contributed by atoms with Gasteiger partial charge in [0.1, 0.15) is 36.6 Å². The van der Waals surface area contributed by atoms with Gasteiger partial charge in [-0.2, -0.15) is 0 Å². The molecule has 6 atom stereocenters. The molecule has 0 aliphatic heterocycles. The lowest BCUT2D eigenvalue weighted by Gasteiger charge is -2.44. The highest BCUT2D eigenvalue weighted by Crippen LogP contribution is 2.49. The van der Waals surface area contributed by atoms with Gasteiger partial charge in [-0.25, -0.2) is 13.7 Å². The average molecular weight is 420 g/mol. The Morgan fingerprint density at radius 2 is 0.750 bits per heavy atom. The van der Waals surface area contributed by atoms with Crippen LogP contribution in [-0.2, 0) is 27.3 Å². The van der Waals surface area contributed by atoms with Gasteiger partial charge in [-0.05, 0) is 0 Å². The normalized spacial score (nSPS) is 35.9. The van der Waals surface area contributed by atoms with E-state index in [9.17, 15) is 29.0 Å². The summed E-state index contributed by atoms with van der Waals surface area (Å²) in [5, 5.41) is 29.3. The van der Waals surface area contributed by atoms with Crippen molar-refractivity contribution in [3.8, 4) is 0 Å². The third kappa shape index (κ3) is 6.50. The fourth-order valence-electron chi connectivity index (χ4n) is 2.01. The Morgan fingerprint density at radius 3 is 1.08 bits per heavy atom. The van der Waals surface area contributed by atoms with Crippen LogP contribution in [0.15, 0.2) is 0 Å². The molecule has 144 valence electrons. The standard InChI is InChI=1S/C6H15O15P3/c7-1-2(8)5(20-23(13,14)15)6(21-24(16,17)18)3(9)4(1)19-22(10,11)12/h1-9H,(H2,10,11,12)(H2,13,14,15)(H2,16,17,18)/t1-,2+,3-,4?,5+,6?/m0/s1. The van der Waals surface area contributed by atoms with Crippen LogP contribution in [-0.4, -0.2) is 81.3 Å². The highest BCUT2D eigenvalue weighted by Gasteiger charge is 2.56. The molecule has 0 heterocycles. The molecule has 0 spiro atoms. The van der Waals surface area contributed by atoms with Gasteiger partial charge in [0.25, 0.3) is 0 Å². The van der Waals surface area contributed by atoms with Crippen molar-refractivity contribution < 1.29 is 71.9 Å². The third-order valence-corrected chi connectivity index (χ3v) is 4.35. The molecule has 0 aromatic carbocycles. The first-order chi connectivity index (χ1) is 10.5. The molecule has 18 heteroatoms. The smallest absolute Gasteiger partial charge is 0.387 e. The van der Waals surface area contributed by atoms with E-state index in [2.05, 4.69) is 13.6 Å². The monoisotopic (exact) mass is 420 g/mol. The van der Waals surface area contributed by atoms with E-state index in [1.54, 1.807) is 0 Å². The lowest BCUT2D eigenvalue weighted by molar-refractivity contribution is -0.212. The second-order valence-electron chi connectivity index (χ2n) is 4.65. The van der Waals surface area contributed by atoms with E-state index >= 15 is 0 Å². The summed E-state index contributed by atoms with van der Waals surface area (Å²) in [7, 11) is -16.2. The van der Waals surface area contributed by atoms with Gasteiger partial charge in [-0.15, -0.1) is 0 Å². The van der Waals surface area contributed by atoms with Crippen LogP contribution >= 0.6 is 23.5 Å². The van der Waals surface area contributed by atoms with Crippen LogP contribution in [0.5, 0.6) is 0 Å². The molecule has 1 saturated carbocycles. The maximum Gasteiger partial charge on any atom is 0.470 e. The Kier molecular flexibility index (Phi) is 6.90. The minimum Gasteiger partial charge on any atom is -0.387 e. The summed E-state index contributed by atoms with van der Waals surface area (Å²) in [4.78, 5) is 52.4. The van der Waals surface area contributed by atoms with Gasteiger partial charge in [0.15, 0.2) is 0 Å². The van der Waals surface area contributed by atoms with Crippen molar-refractivity contribution in [2.24, 2.45) is 0 Å². The molecule has 0 saturated heterocycles. The molecule has 24 heavy (non-hydrogen) atoms. The number of phosphoric ester groups is 3. The predicted octanol–water partition coefficient (Wildman–Crippen LogP) is -3.48. The van der Waals surface area contributed by atoms with Crippen molar-refractivity contribution in [3.05, 3.63) is 0 Å². The summed E-state index contributed by atoms with van der Waals surface area (Å²) in [5.74, 6) is 0. The number of aliphatic hydroxyl groups excluding tert-OH is 3. The first-order valence-corrected chi connectivity index (χ1v) is 10.4. The highest BCUT2D eigenvalue weighted by molar-refractivity contribution is 7.46. The Hall–Kier alpha value is 0.210. The van der Waals surface area contributed by atoms with E-state index in [-0.39, 0.29) is 0 Å². The van der Waals surface area contributed by atoms with Crippen molar-refractivity contribution in [3.63, 3.8) is 0 Å². The number of hydrogen-bond donors (Lipinski definition) is 9. The van der Waals surface area contributed by atoms with Crippen LogP contribution in [0.1, 0.15) is 0 Å². The highest BCUT2D eigenvalue weighted by atomic mass is 31.2. The molecule has 1 fully saturated rings. The molecule has 1 aliphatic rings. The van der Waals surface area contributed by atoms with Crippen LogP contribution in [0, 0.1) is 0 Å². The molecule has 15 nitrogen and oxygen atoms in total. The molecule has 2 unspecified atom stereocenters. The molecule has 0 radical (unpaired) electrons. The van der Waals surface area contributed by atoms with E-state index in [0.717, 1.165) is 0 Å². The third-order valence-electron chi connectivity index (χ3n) is 2.80. The van der Waals surface area contributed by atoms with Gasteiger partial charge >= 0.3 is 23.5 Å². The topological polar surface area (TPSA) is 261 Å². The van der Waals surface area contributed by atoms with Gasteiger partial charge in [-0.3, -0.25) is 13.6 Å². The maximum absolute atomic E-state index is 10.9. The van der Waals surface area contributed by atoms with Crippen molar-refractivity contribution in [2.45, 2.75) is 36.6 Å². The molecule has 0 aromatic rings. The number of phosphoric acid groups is 3. The average Bonchev–Trinajstić information content (AvgIpc) is 2.32. The first-order valence-electron chi connectivity index (χ1n) is 5.78. The second-order valence-corrected chi connectivity index (χ2v) is 8.23. The molecule has 0 aromatic heterocycles. The quantitative estimate of drug-likeness (QED) is 0.189. The van der Waals surface area contributed by atoms with E-state index in [0.29, 0.717) is 0 Å². The van der Waals surface area contributed by atoms with Crippen molar-refractivity contribution in [1.82, 2.24) is 0 Å². The predicted molar refractivity (Wildman–Crippen MR) is 68.8 cm³/mol. The van der Waals surface area contributed by atoms with Gasteiger partial charge in [0, 0.05) is 0 Å². The van der Waals surface area contributed by atoms with E-state index in [4.69, 9.17) is 29.4 Å². The molecular weight excluding hydrogens is 405 g/mol. The molecular formula is C6H15O15P3. The largest absolute Gasteiger partial charge is 0.470 e. The van der Waals surface area contributed by atoms with E-state index < -0.39 is 60.1 Å². The SMILES string of the molecule is O=P(O)(O)OC1[C@H](O)C(OP(=O)(O)O)[C@H](OP(=O)(O)O)[C@H](O)[C@@H]1O. The summed E-state index contributed by atoms with van der Waals surface area (Å²) < 4.78 is 44.7. The maximum atomic E-state index is 10.9. The zero-order chi connectivity index (χ0) is 19.1. The summed E-state index contributed by atoms with van der Waals surface area (Å²) in [6, 6.07) is 0. The lowest BCUT2D eigenvalue weighted by Crippen LogP contribution is -2.65. The number of rotatable bonds is 6. The fraction of sp³-hybridized carbons (Fsp3) is 1.00. The summed E-state index contributed by atoms with van der Waals surface area (Å²) >= 11 is 0. The minimum absolute atomic E-state index is 2.32. The number of hydrogen-bond acceptors (Lipinski definition) is 9. The molecule has 1 aliphatic carbocycles. The molecule has 0 amide bonds.